The van der Waals surface area contributed by atoms with Crippen LogP contribution in [0.2, 0.25) is 0 Å². The van der Waals surface area contributed by atoms with Crippen LogP contribution in [0.5, 0.6) is 0 Å². The normalized spacial score (nSPS) is 10.9. The molecule has 17 heavy (non-hydrogen) atoms. The van der Waals surface area contributed by atoms with E-state index in [0.717, 1.165) is 10.6 Å². The summed E-state index contributed by atoms with van der Waals surface area (Å²) < 4.78 is 0. The van der Waals surface area contributed by atoms with Crippen molar-refractivity contribution in [2.75, 3.05) is 5.75 Å². The van der Waals surface area contributed by atoms with Crippen molar-refractivity contribution in [3.8, 4) is 0 Å². The van der Waals surface area contributed by atoms with E-state index in [1.165, 1.54) is 10.5 Å². The van der Waals surface area contributed by atoms with Gasteiger partial charge in [0.2, 0.25) is 0 Å². The third kappa shape index (κ3) is 4.33. The Balaban J connectivity index is 1.84. The zero-order valence-electron chi connectivity index (χ0n) is 9.41. The van der Waals surface area contributed by atoms with Crippen molar-refractivity contribution in [2.24, 2.45) is 0 Å². The van der Waals surface area contributed by atoms with Crippen LogP contribution in [-0.4, -0.2) is 5.75 Å². The molecule has 2 rings (SSSR count). The molecule has 0 nitrogen and oxygen atoms in total. The highest BCUT2D eigenvalue weighted by molar-refractivity contribution is 7.99. The van der Waals surface area contributed by atoms with Crippen LogP contribution in [0.25, 0.3) is 6.08 Å². The molecule has 0 radical (unpaired) electrons. The number of thioether (sulfide) groups is 1. The van der Waals surface area contributed by atoms with E-state index in [4.69, 9.17) is 0 Å². The van der Waals surface area contributed by atoms with Gasteiger partial charge in [0.25, 0.3) is 0 Å². The summed E-state index contributed by atoms with van der Waals surface area (Å²) in [5.74, 6) is 0.987. The summed E-state index contributed by atoms with van der Waals surface area (Å²) >= 11 is 6.09. The molecule has 0 aliphatic carbocycles. The molecule has 2 heteroatoms. The second kappa shape index (κ2) is 6.58. The van der Waals surface area contributed by atoms with Crippen LogP contribution in [0, 0.1) is 0 Å². The van der Waals surface area contributed by atoms with Crippen molar-refractivity contribution in [1.29, 1.82) is 0 Å². The highest BCUT2D eigenvalue weighted by atomic mass is 32.2. The molecule has 0 saturated heterocycles. The van der Waals surface area contributed by atoms with Crippen LogP contribution >= 0.6 is 24.4 Å². The number of benzene rings is 2. The van der Waals surface area contributed by atoms with Crippen LogP contribution in [0.1, 0.15) is 5.56 Å². The van der Waals surface area contributed by atoms with E-state index in [1.54, 1.807) is 0 Å². The van der Waals surface area contributed by atoms with E-state index in [9.17, 15) is 0 Å². The molecule has 0 heterocycles. The van der Waals surface area contributed by atoms with Crippen LogP contribution < -0.4 is 0 Å². The zero-order valence-corrected chi connectivity index (χ0v) is 11.1. The fourth-order valence-corrected chi connectivity index (χ4v) is 2.30. The van der Waals surface area contributed by atoms with Crippen molar-refractivity contribution in [3.63, 3.8) is 0 Å². The third-order valence-electron chi connectivity index (χ3n) is 2.29. The molecule has 0 fully saturated rings. The minimum Gasteiger partial charge on any atom is -0.143 e. The van der Waals surface area contributed by atoms with Gasteiger partial charge in [-0.2, -0.15) is 0 Å². The maximum absolute atomic E-state index is 4.27. The molecule has 0 amide bonds. The monoisotopic (exact) mass is 258 g/mol. The van der Waals surface area contributed by atoms with Gasteiger partial charge in [-0.25, -0.2) is 0 Å². The van der Waals surface area contributed by atoms with E-state index < -0.39 is 0 Å². The summed E-state index contributed by atoms with van der Waals surface area (Å²) in [6.07, 6.45) is 4.34. The Labute approximate surface area is 112 Å². The molecule has 0 bridgehead atoms. The lowest BCUT2D eigenvalue weighted by Gasteiger charge is -1.98. The Morgan fingerprint density at radius 2 is 1.65 bits per heavy atom. The molecular formula is C15H14S2. The molecule has 0 aromatic heterocycles. The second-order valence-electron chi connectivity index (χ2n) is 3.62. The maximum atomic E-state index is 4.27. The second-order valence-corrected chi connectivity index (χ2v) is 5.23. The van der Waals surface area contributed by atoms with E-state index in [1.807, 2.05) is 30.0 Å². The quantitative estimate of drug-likeness (QED) is 0.608. The molecular weight excluding hydrogens is 244 g/mol. The van der Waals surface area contributed by atoms with Crippen molar-refractivity contribution in [2.45, 2.75) is 9.79 Å². The van der Waals surface area contributed by atoms with Gasteiger partial charge >= 0.3 is 0 Å². The Hall–Kier alpha value is -1.12. The summed E-state index contributed by atoms with van der Waals surface area (Å²) in [7, 11) is 0. The minimum atomic E-state index is 0.987. The van der Waals surface area contributed by atoms with Crippen LogP contribution in [0.4, 0.5) is 0 Å². The summed E-state index contributed by atoms with van der Waals surface area (Å²) in [5, 5.41) is 0. The van der Waals surface area contributed by atoms with Gasteiger partial charge in [0.05, 0.1) is 0 Å². The third-order valence-corrected chi connectivity index (χ3v) is 3.56. The lowest BCUT2D eigenvalue weighted by molar-refractivity contribution is 1.36. The first kappa shape index (κ1) is 12.3. The van der Waals surface area contributed by atoms with Crippen LogP contribution in [0.15, 0.2) is 70.5 Å². The molecule has 0 unspecified atom stereocenters. The predicted octanol–water partition coefficient (Wildman–Crippen LogP) is 4.78. The Morgan fingerprint density at radius 1 is 0.941 bits per heavy atom. The van der Waals surface area contributed by atoms with E-state index in [0.29, 0.717) is 0 Å². The number of rotatable bonds is 4. The first-order chi connectivity index (χ1) is 8.34. The first-order valence-electron chi connectivity index (χ1n) is 5.48. The molecule has 0 aliphatic rings. The molecule has 0 saturated carbocycles. The van der Waals surface area contributed by atoms with Gasteiger partial charge in [0.15, 0.2) is 0 Å². The summed E-state index contributed by atoms with van der Waals surface area (Å²) in [4.78, 5) is 2.29. The van der Waals surface area contributed by atoms with Gasteiger partial charge in [-0.1, -0.05) is 42.5 Å². The fraction of sp³-hybridized carbons (Fsp3) is 0.0667. The Kier molecular flexibility index (Phi) is 4.77. The summed E-state index contributed by atoms with van der Waals surface area (Å²) in [5.41, 5.74) is 1.25. The fourth-order valence-electron chi connectivity index (χ4n) is 1.44. The average Bonchev–Trinajstić information content (AvgIpc) is 2.38. The lowest BCUT2D eigenvalue weighted by atomic mass is 10.2. The van der Waals surface area contributed by atoms with E-state index >= 15 is 0 Å². The number of hydrogen-bond acceptors (Lipinski definition) is 2. The molecule has 0 atom stereocenters. The maximum Gasteiger partial charge on any atom is 0.0164 e. The van der Waals surface area contributed by atoms with Crippen molar-refractivity contribution in [3.05, 3.63) is 66.2 Å². The largest absolute Gasteiger partial charge is 0.143 e. The summed E-state index contributed by atoms with van der Waals surface area (Å²) in [6.45, 7) is 0. The van der Waals surface area contributed by atoms with Gasteiger partial charge in [-0.15, -0.1) is 24.4 Å². The van der Waals surface area contributed by atoms with Gasteiger partial charge in [-0.3, -0.25) is 0 Å². The predicted molar refractivity (Wildman–Crippen MR) is 79.9 cm³/mol. The Morgan fingerprint density at radius 3 is 2.35 bits per heavy atom. The smallest absolute Gasteiger partial charge is 0.0164 e. The highest BCUT2D eigenvalue weighted by Gasteiger charge is 1.91. The van der Waals surface area contributed by atoms with E-state index in [-0.39, 0.29) is 0 Å². The lowest BCUT2D eigenvalue weighted by Crippen LogP contribution is -1.75. The molecule has 0 N–H and O–H groups in total. The standard InChI is InChI=1S/C15H14S2/c16-14-8-10-15(11-9-14)17-12-4-7-13-5-2-1-3-6-13/h1-11,16H,12H2. The summed E-state index contributed by atoms with van der Waals surface area (Å²) in [6, 6.07) is 18.6. The molecule has 0 aliphatic heterocycles. The van der Waals surface area contributed by atoms with Gasteiger partial charge < -0.3 is 0 Å². The van der Waals surface area contributed by atoms with Crippen molar-refractivity contribution < 1.29 is 0 Å². The first-order valence-corrected chi connectivity index (χ1v) is 6.91. The van der Waals surface area contributed by atoms with Gasteiger partial charge in [0, 0.05) is 15.5 Å². The van der Waals surface area contributed by atoms with Crippen molar-refractivity contribution in [1.82, 2.24) is 0 Å². The van der Waals surface area contributed by atoms with Gasteiger partial charge in [0.1, 0.15) is 0 Å². The number of thiol groups is 1. The topological polar surface area (TPSA) is 0 Å². The molecule has 2 aromatic carbocycles. The van der Waals surface area contributed by atoms with Crippen LogP contribution in [0.3, 0.4) is 0 Å². The minimum absolute atomic E-state index is 0.987. The van der Waals surface area contributed by atoms with Crippen molar-refractivity contribution >= 4 is 30.5 Å². The SMILES string of the molecule is Sc1ccc(SCC=Cc2ccccc2)cc1. The Bertz CT molecular complexity index is 472. The highest BCUT2D eigenvalue weighted by Crippen LogP contribution is 2.19. The molecule has 2 aromatic rings. The van der Waals surface area contributed by atoms with Crippen LogP contribution in [-0.2, 0) is 0 Å². The van der Waals surface area contributed by atoms with Gasteiger partial charge in [-0.05, 0) is 29.8 Å². The molecule has 0 spiro atoms. The molecule has 86 valence electrons. The zero-order chi connectivity index (χ0) is 11.9. The number of hydrogen-bond donors (Lipinski definition) is 1. The van der Waals surface area contributed by atoms with E-state index in [2.05, 4.69) is 61.2 Å². The average molecular weight is 258 g/mol.